The van der Waals surface area contributed by atoms with Crippen molar-refractivity contribution in [2.45, 2.75) is 52.7 Å². The highest BCUT2D eigenvalue weighted by Gasteiger charge is 2.29. The summed E-state index contributed by atoms with van der Waals surface area (Å²) in [6.45, 7) is 11.8. The third kappa shape index (κ3) is 1.82. The summed E-state index contributed by atoms with van der Waals surface area (Å²) in [5.74, 6) is 0.727. The van der Waals surface area contributed by atoms with E-state index in [1.807, 2.05) is 4.68 Å². The monoisotopic (exact) mass is 222 g/mol. The lowest BCUT2D eigenvalue weighted by molar-refractivity contribution is 0.116. The largest absolute Gasteiger partial charge is 0.382 e. The second-order valence-electron chi connectivity index (χ2n) is 5.47. The fraction of sp³-hybridized carbons (Fsp3) is 0.750. The summed E-state index contributed by atoms with van der Waals surface area (Å²) in [5, 5.41) is 4.40. The summed E-state index contributed by atoms with van der Waals surface area (Å²) in [7, 11) is 0. The molecular weight excluding hydrogens is 200 g/mol. The zero-order valence-electron chi connectivity index (χ0n) is 10.7. The smallest absolute Gasteiger partial charge is 0.149 e. The van der Waals surface area contributed by atoms with E-state index in [1.165, 1.54) is 11.3 Å². The van der Waals surface area contributed by atoms with Crippen molar-refractivity contribution < 1.29 is 0 Å². The van der Waals surface area contributed by atoms with Crippen LogP contribution < -0.4 is 5.73 Å². The van der Waals surface area contributed by atoms with Crippen LogP contribution in [-0.2, 0) is 19.5 Å². The normalized spacial score (nSPS) is 17.5. The number of nitrogens with zero attached hydrogens (tertiary/aromatic N) is 3. The predicted molar refractivity (Wildman–Crippen MR) is 66.2 cm³/mol. The Morgan fingerprint density at radius 1 is 1.38 bits per heavy atom. The van der Waals surface area contributed by atoms with Crippen LogP contribution >= 0.6 is 0 Å². The van der Waals surface area contributed by atoms with E-state index in [1.54, 1.807) is 0 Å². The molecule has 2 heterocycles. The molecule has 0 aliphatic carbocycles. The van der Waals surface area contributed by atoms with Crippen molar-refractivity contribution in [3.05, 3.63) is 11.3 Å². The van der Waals surface area contributed by atoms with Crippen LogP contribution in [0.5, 0.6) is 0 Å². The molecule has 0 bridgehead atoms. The fourth-order valence-electron chi connectivity index (χ4n) is 2.34. The number of fused-ring (bicyclic) bond motifs is 1. The lowest BCUT2D eigenvalue weighted by Gasteiger charge is -2.38. The van der Waals surface area contributed by atoms with Gasteiger partial charge >= 0.3 is 0 Å². The van der Waals surface area contributed by atoms with E-state index in [0.717, 1.165) is 31.9 Å². The molecule has 90 valence electrons. The minimum Gasteiger partial charge on any atom is -0.382 e. The van der Waals surface area contributed by atoms with Gasteiger partial charge in [-0.1, -0.05) is 0 Å². The Morgan fingerprint density at radius 3 is 2.62 bits per heavy atom. The van der Waals surface area contributed by atoms with E-state index in [-0.39, 0.29) is 5.54 Å². The molecule has 0 saturated heterocycles. The Hall–Kier alpha value is -1.03. The van der Waals surface area contributed by atoms with Gasteiger partial charge in [0, 0.05) is 30.7 Å². The van der Waals surface area contributed by atoms with Crippen LogP contribution in [0.4, 0.5) is 5.82 Å². The molecule has 2 rings (SSSR count). The first-order chi connectivity index (χ1) is 7.43. The number of hydrogen-bond acceptors (Lipinski definition) is 3. The van der Waals surface area contributed by atoms with Gasteiger partial charge in [-0.3, -0.25) is 9.58 Å². The highest BCUT2D eigenvalue weighted by molar-refractivity contribution is 5.44. The van der Waals surface area contributed by atoms with E-state index in [0.29, 0.717) is 0 Å². The van der Waals surface area contributed by atoms with Crippen molar-refractivity contribution in [1.82, 2.24) is 14.7 Å². The van der Waals surface area contributed by atoms with Crippen LogP contribution in [0.15, 0.2) is 0 Å². The quantitative estimate of drug-likeness (QED) is 0.786. The van der Waals surface area contributed by atoms with E-state index in [4.69, 9.17) is 5.73 Å². The van der Waals surface area contributed by atoms with Gasteiger partial charge in [0.1, 0.15) is 5.82 Å². The second-order valence-corrected chi connectivity index (χ2v) is 5.47. The first kappa shape index (κ1) is 11.5. The number of aromatic nitrogens is 2. The highest BCUT2D eigenvalue weighted by Crippen LogP contribution is 2.28. The highest BCUT2D eigenvalue weighted by atomic mass is 15.3. The van der Waals surface area contributed by atoms with E-state index in [9.17, 15) is 0 Å². The van der Waals surface area contributed by atoms with Gasteiger partial charge in [-0.05, 0) is 34.1 Å². The fourth-order valence-corrected chi connectivity index (χ4v) is 2.34. The summed E-state index contributed by atoms with van der Waals surface area (Å²) < 4.78 is 2.04. The van der Waals surface area contributed by atoms with Crippen LogP contribution in [-0.4, -0.2) is 26.8 Å². The number of nitrogen functional groups attached to an aromatic ring is 1. The van der Waals surface area contributed by atoms with Crippen molar-refractivity contribution in [2.24, 2.45) is 0 Å². The van der Waals surface area contributed by atoms with Gasteiger partial charge in [-0.25, -0.2) is 0 Å². The molecule has 0 unspecified atom stereocenters. The van der Waals surface area contributed by atoms with Gasteiger partial charge in [0.05, 0.1) is 5.69 Å². The maximum atomic E-state index is 5.94. The molecule has 4 heteroatoms. The minimum absolute atomic E-state index is 0.218. The molecule has 0 atom stereocenters. The maximum absolute atomic E-state index is 5.94. The molecule has 0 amide bonds. The molecule has 4 nitrogen and oxygen atoms in total. The average molecular weight is 222 g/mol. The summed E-state index contributed by atoms with van der Waals surface area (Å²) in [6, 6.07) is 0. The van der Waals surface area contributed by atoms with Crippen molar-refractivity contribution in [2.75, 3.05) is 12.3 Å². The molecule has 1 aliphatic heterocycles. The number of nitrogens with two attached hydrogens (primary N) is 1. The van der Waals surface area contributed by atoms with E-state index >= 15 is 0 Å². The molecule has 1 aromatic heterocycles. The molecule has 1 aliphatic rings. The van der Waals surface area contributed by atoms with Gasteiger partial charge < -0.3 is 5.73 Å². The minimum atomic E-state index is 0.218. The number of hydrogen-bond donors (Lipinski definition) is 1. The van der Waals surface area contributed by atoms with E-state index < -0.39 is 0 Å². The maximum Gasteiger partial charge on any atom is 0.149 e. The number of rotatable bonds is 1. The first-order valence-electron chi connectivity index (χ1n) is 6.02. The van der Waals surface area contributed by atoms with Gasteiger partial charge in [0.2, 0.25) is 0 Å². The Morgan fingerprint density at radius 2 is 2.06 bits per heavy atom. The lowest BCUT2D eigenvalue weighted by atomic mass is 9.99. The standard InChI is InChI=1S/C12H22N4/c1-5-16-10-8-15(12(2,3)4)7-6-9(10)11(13)14-16/h5-8H2,1-4H3,(H2,13,14). The number of anilines is 1. The first-order valence-corrected chi connectivity index (χ1v) is 6.02. The zero-order chi connectivity index (χ0) is 11.9. The molecule has 0 saturated carbocycles. The second kappa shape index (κ2) is 3.77. The predicted octanol–water partition coefficient (Wildman–Crippen LogP) is 1.64. The number of aryl methyl sites for hydroxylation is 1. The van der Waals surface area contributed by atoms with Gasteiger partial charge in [0.25, 0.3) is 0 Å². The third-order valence-corrected chi connectivity index (χ3v) is 3.42. The molecule has 1 aromatic rings. The third-order valence-electron chi connectivity index (χ3n) is 3.42. The van der Waals surface area contributed by atoms with E-state index in [2.05, 4.69) is 37.7 Å². The molecule has 2 N–H and O–H groups in total. The Kier molecular flexibility index (Phi) is 2.70. The molecule has 0 aromatic carbocycles. The van der Waals surface area contributed by atoms with Crippen LogP contribution in [0.2, 0.25) is 0 Å². The average Bonchev–Trinajstić information content (AvgIpc) is 2.54. The Bertz CT molecular complexity index is 386. The zero-order valence-corrected chi connectivity index (χ0v) is 10.7. The molecular formula is C12H22N4. The molecule has 16 heavy (non-hydrogen) atoms. The lowest BCUT2D eigenvalue weighted by Crippen LogP contribution is -2.44. The summed E-state index contributed by atoms with van der Waals surface area (Å²) in [6.07, 6.45) is 1.03. The van der Waals surface area contributed by atoms with Gasteiger partial charge in [0.15, 0.2) is 0 Å². The summed E-state index contributed by atoms with van der Waals surface area (Å²) >= 11 is 0. The van der Waals surface area contributed by atoms with Crippen molar-refractivity contribution in [3.63, 3.8) is 0 Å². The Balaban J connectivity index is 2.32. The van der Waals surface area contributed by atoms with Gasteiger partial charge in [-0.15, -0.1) is 0 Å². The van der Waals surface area contributed by atoms with Crippen LogP contribution in [0.3, 0.4) is 0 Å². The summed E-state index contributed by atoms with van der Waals surface area (Å²) in [4.78, 5) is 2.49. The Labute approximate surface area is 97.4 Å². The SMILES string of the molecule is CCn1nc(N)c2c1CN(C(C)(C)C)CC2. The van der Waals surface area contributed by atoms with Crippen LogP contribution in [0.25, 0.3) is 0 Å². The van der Waals surface area contributed by atoms with Crippen molar-refractivity contribution in [3.8, 4) is 0 Å². The molecule has 0 radical (unpaired) electrons. The summed E-state index contributed by atoms with van der Waals surface area (Å²) in [5.41, 5.74) is 8.73. The topological polar surface area (TPSA) is 47.1 Å². The van der Waals surface area contributed by atoms with Crippen LogP contribution in [0.1, 0.15) is 39.0 Å². The van der Waals surface area contributed by atoms with Crippen molar-refractivity contribution >= 4 is 5.82 Å². The van der Waals surface area contributed by atoms with Gasteiger partial charge in [-0.2, -0.15) is 5.10 Å². The molecule has 0 spiro atoms. The molecule has 0 fully saturated rings. The van der Waals surface area contributed by atoms with Crippen LogP contribution in [0, 0.1) is 0 Å². The van der Waals surface area contributed by atoms with Crippen molar-refractivity contribution in [1.29, 1.82) is 0 Å².